The molecule has 3 nitrogen and oxygen atoms in total. The number of ether oxygens (including phenoxy) is 1. The van der Waals surface area contributed by atoms with Crippen molar-refractivity contribution < 1.29 is 18.3 Å². The van der Waals surface area contributed by atoms with Crippen LogP contribution in [0.2, 0.25) is 18.1 Å². The Morgan fingerprint density at radius 1 is 1.18 bits per heavy atom. The Morgan fingerprint density at radius 3 is 2.39 bits per heavy atom. The molecule has 0 radical (unpaired) electrons. The second kappa shape index (κ2) is 11.8. The minimum Gasteiger partial charge on any atom is -0.463 e. The number of esters is 1. The van der Waals surface area contributed by atoms with Crippen molar-refractivity contribution >= 4 is 14.3 Å². The van der Waals surface area contributed by atoms with E-state index in [0.717, 1.165) is 43.8 Å². The Balaban J connectivity index is 2.03. The molecule has 0 heterocycles. The Hall–Kier alpha value is -0.683. The van der Waals surface area contributed by atoms with Gasteiger partial charge < -0.3 is 9.16 Å². The van der Waals surface area contributed by atoms with Gasteiger partial charge >= 0.3 is 5.97 Å². The number of hydrogen-bond acceptors (Lipinski definition) is 3. The van der Waals surface area contributed by atoms with Gasteiger partial charge in [-0.2, -0.15) is 0 Å². The van der Waals surface area contributed by atoms with E-state index < -0.39 is 20.1 Å². The van der Waals surface area contributed by atoms with Gasteiger partial charge in [-0.1, -0.05) is 40.2 Å². The molecular weight excluding hydrogens is 431 g/mol. The maximum Gasteiger partial charge on any atom is 0.330 e. The van der Waals surface area contributed by atoms with Crippen LogP contribution < -0.4 is 0 Å². The van der Waals surface area contributed by atoms with Gasteiger partial charge in [0.1, 0.15) is 6.17 Å². The average molecular weight is 483 g/mol. The summed E-state index contributed by atoms with van der Waals surface area (Å²) in [7, 11) is -1.84. The molecule has 33 heavy (non-hydrogen) atoms. The summed E-state index contributed by atoms with van der Waals surface area (Å²) in [5.41, 5.74) is 0.786. The smallest absolute Gasteiger partial charge is 0.330 e. The minimum atomic E-state index is -1.84. The Morgan fingerprint density at radius 2 is 1.82 bits per heavy atom. The molecule has 0 saturated heterocycles. The maximum atomic E-state index is 15.5. The van der Waals surface area contributed by atoms with Gasteiger partial charge in [-0.15, -0.1) is 0 Å². The number of alkyl halides is 1. The van der Waals surface area contributed by atoms with Gasteiger partial charge in [-0.3, -0.25) is 0 Å². The Kier molecular flexibility index (Phi) is 10.2. The lowest BCUT2D eigenvalue weighted by Crippen LogP contribution is -2.49. The van der Waals surface area contributed by atoms with Crippen LogP contribution in [0.5, 0.6) is 0 Å². The van der Waals surface area contributed by atoms with Crippen molar-refractivity contribution in [2.24, 2.45) is 23.2 Å². The molecule has 0 spiro atoms. The maximum absolute atomic E-state index is 15.5. The molecule has 0 aromatic heterocycles. The van der Waals surface area contributed by atoms with Crippen LogP contribution in [-0.2, 0) is 14.0 Å². The predicted octanol–water partition coefficient (Wildman–Crippen LogP) is 8.25. The monoisotopic (exact) mass is 482 g/mol. The summed E-state index contributed by atoms with van der Waals surface area (Å²) >= 11 is 0. The molecule has 2 rings (SSSR count). The van der Waals surface area contributed by atoms with Crippen LogP contribution in [-0.4, -0.2) is 32.7 Å². The summed E-state index contributed by atoms with van der Waals surface area (Å²) in [4.78, 5) is 12.1. The first-order valence-electron chi connectivity index (χ1n) is 13.7. The second-order valence-corrected chi connectivity index (χ2v) is 16.2. The summed E-state index contributed by atoms with van der Waals surface area (Å²) in [6.45, 7) is 17.6. The van der Waals surface area contributed by atoms with Gasteiger partial charge in [0.15, 0.2) is 8.32 Å². The van der Waals surface area contributed by atoms with Crippen molar-refractivity contribution in [2.75, 3.05) is 6.61 Å². The van der Waals surface area contributed by atoms with E-state index in [9.17, 15) is 4.79 Å². The first-order chi connectivity index (χ1) is 15.5. The molecule has 2 aliphatic carbocycles. The van der Waals surface area contributed by atoms with Gasteiger partial charge in [-0.25, -0.2) is 9.18 Å². The number of halogens is 1. The van der Waals surface area contributed by atoms with Crippen LogP contribution in [0.25, 0.3) is 0 Å². The molecule has 0 amide bonds. The fourth-order valence-electron chi connectivity index (χ4n) is 7.07. The molecule has 0 unspecified atom stereocenters. The molecule has 2 saturated carbocycles. The Bertz CT molecular complexity index is 664. The van der Waals surface area contributed by atoms with E-state index in [4.69, 9.17) is 9.16 Å². The number of allylic oxidation sites excluding steroid dienone is 1. The predicted molar refractivity (Wildman–Crippen MR) is 139 cm³/mol. The first kappa shape index (κ1) is 28.6. The number of fused-ring (bicyclic) bond motifs is 1. The van der Waals surface area contributed by atoms with Gasteiger partial charge in [-0.05, 0) is 107 Å². The van der Waals surface area contributed by atoms with Crippen LogP contribution in [0.4, 0.5) is 4.39 Å². The second-order valence-electron chi connectivity index (χ2n) is 11.5. The lowest BCUT2D eigenvalue weighted by molar-refractivity contribution is -0.137. The molecule has 5 heteroatoms. The van der Waals surface area contributed by atoms with E-state index >= 15 is 4.39 Å². The number of carbonyl (C=O) groups is 1. The van der Waals surface area contributed by atoms with E-state index in [1.807, 2.05) is 20.8 Å². The van der Waals surface area contributed by atoms with Crippen LogP contribution in [0.3, 0.4) is 0 Å². The first-order valence-corrected chi connectivity index (χ1v) is 16.2. The van der Waals surface area contributed by atoms with Crippen molar-refractivity contribution in [1.29, 1.82) is 0 Å². The Labute approximate surface area is 204 Å². The lowest BCUT2D eigenvalue weighted by atomic mass is 9.60. The molecule has 2 aliphatic rings. The van der Waals surface area contributed by atoms with E-state index in [2.05, 4.69) is 34.6 Å². The zero-order valence-corrected chi connectivity index (χ0v) is 23.8. The molecule has 2 fully saturated rings. The quantitative estimate of drug-likeness (QED) is 0.160. The van der Waals surface area contributed by atoms with Crippen LogP contribution in [0, 0.1) is 23.2 Å². The van der Waals surface area contributed by atoms with Crippen LogP contribution >= 0.6 is 0 Å². The van der Waals surface area contributed by atoms with Crippen molar-refractivity contribution in [3.8, 4) is 0 Å². The van der Waals surface area contributed by atoms with Gasteiger partial charge in [0.2, 0.25) is 0 Å². The molecule has 0 aromatic carbocycles. The largest absolute Gasteiger partial charge is 0.463 e. The molecule has 0 bridgehead atoms. The fraction of sp³-hybridized carbons (Fsp3) is 0.893. The zero-order valence-electron chi connectivity index (χ0n) is 22.8. The topological polar surface area (TPSA) is 35.5 Å². The highest BCUT2D eigenvalue weighted by atomic mass is 28.4. The van der Waals surface area contributed by atoms with E-state index in [1.165, 1.54) is 18.4 Å². The summed E-state index contributed by atoms with van der Waals surface area (Å²) in [6, 6.07) is 3.15. The number of carbonyl (C=O) groups excluding carboxylic acids is 1. The van der Waals surface area contributed by atoms with Gasteiger partial charge in [0.25, 0.3) is 0 Å². The highest BCUT2D eigenvalue weighted by molar-refractivity contribution is 6.73. The summed E-state index contributed by atoms with van der Waals surface area (Å²) in [5.74, 6) is 1.33. The van der Waals surface area contributed by atoms with Crippen LogP contribution in [0.15, 0.2) is 11.6 Å². The third-order valence-electron chi connectivity index (χ3n) is 9.36. The highest BCUT2D eigenvalue weighted by Gasteiger charge is 2.51. The zero-order chi connectivity index (χ0) is 24.9. The van der Waals surface area contributed by atoms with Crippen molar-refractivity contribution in [2.45, 2.75) is 130 Å². The fourth-order valence-corrected chi connectivity index (χ4v) is 10.2. The molecule has 5 atom stereocenters. The van der Waals surface area contributed by atoms with Gasteiger partial charge in [0.05, 0.1) is 12.2 Å². The third kappa shape index (κ3) is 6.51. The van der Waals surface area contributed by atoms with E-state index in [1.54, 1.807) is 6.08 Å². The molecule has 0 aliphatic heterocycles. The normalized spacial score (nSPS) is 29.1. The van der Waals surface area contributed by atoms with E-state index in [0.29, 0.717) is 30.8 Å². The molecule has 0 N–H and O–H groups in total. The molecule has 0 aromatic rings. The summed E-state index contributed by atoms with van der Waals surface area (Å²) < 4.78 is 27.3. The highest BCUT2D eigenvalue weighted by Crippen LogP contribution is 2.60. The van der Waals surface area contributed by atoms with E-state index in [-0.39, 0.29) is 11.4 Å². The van der Waals surface area contributed by atoms with Crippen molar-refractivity contribution in [3.63, 3.8) is 0 Å². The van der Waals surface area contributed by atoms with Gasteiger partial charge in [0, 0.05) is 6.08 Å². The summed E-state index contributed by atoms with van der Waals surface area (Å²) in [5, 5.41) is 0. The molecular formula is C28H51FO3Si. The van der Waals surface area contributed by atoms with Crippen LogP contribution in [0.1, 0.15) is 100 Å². The number of hydrogen-bond donors (Lipinski definition) is 0. The lowest BCUT2D eigenvalue weighted by Gasteiger charge is -2.45. The van der Waals surface area contributed by atoms with Crippen molar-refractivity contribution in [3.05, 3.63) is 11.6 Å². The minimum absolute atomic E-state index is 0.193. The SMILES string of the molecule is CCOC(=O)/C=C1\CCC[C@]2(C)[C@@H]([C@H](C)CC[C@@H](F)C(C)(C)O[Si](CC)(CC)CC)CC[C@@H]12. The molecule has 192 valence electrons. The standard InChI is InChI=1S/C28H51FO3Si/c1-9-31-26(30)20-22-14-13-19-28(8)23(16-17-24(22)28)21(5)15-18-25(29)27(6,7)32-33(10-2,11-3)12-4/h20-21,23-25H,9-19H2,1-8H3/b22-20+/t21-,23-,24+,25-,28-/m1/s1. The number of rotatable bonds is 12. The van der Waals surface area contributed by atoms with Crippen molar-refractivity contribution in [1.82, 2.24) is 0 Å². The summed E-state index contributed by atoms with van der Waals surface area (Å²) in [6.07, 6.45) is 7.97. The third-order valence-corrected chi connectivity index (χ3v) is 14.2. The average Bonchev–Trinajstić information content (AvgIpc) is 3.13.